The zero-order chi connectivity index (χ0) is 13.0. The highest BCUT2D eigenvalue weighted by molar-refractivity contribution is 5.33. The lowest BCUT2D eigenvalue weighted by molar-refractivity contribution is -0.404. The molecule has 2 rings (SSSR count). The first kappa shape index (κ1) is 11.9. The molecular formula is C12H12N4O2. The van der Waals surface area contributed by atoms with Crippen LogP contribution in [-0.2, 0) is 6.54 Å². The Bertz CT molecular complexity index is 533. The summed E-state index contributed by atoms with van der Waals surface area (Å²) in [4.78, 5) is 11.9. The molecule has 6 heteroatoms. The summed E-state index contributed by atoms with van der Waals surface area (Å²) in [6.45, 7) is 1.97. The van der Waals surface area contributed by atoms with Crippen LogP contribution in [0.5, 0.6) is 0 Å². The summed E-state index contributed by atoms with van der Waals surface area (Å²) < 4.78 is 0. The molecule has 0 saturated carbocycles. The molecule has 1 aromatic carbocycles. The van der Waals surface area contributed by atoms with Crippen LogP contribution in [0.15, 0.2) is 36.3 Å². The average Bonchev–Trinajstić information content (AvgIpc) is 2.76. The predicted molar refractivity (Wildman–Crippen MR) is 64.6 cm³/mol. The van der Waals surface area contributed by atoms with Gasteiger partial charge in [-0.1, -0.05) is 12.1 Å². The topological polar surface area (TPSA) is 82.2 Å². The Kier molecular flexibility index (Phi) is 3.44. The first-order valence-corrected chi connectivity index (χ1v) is 5.52. The van der Waals surface area contributed by atoms with E-state index in [1.54, 1.807) is 12.1 Å². The molecule has 1 fully saturated rings. The van der Waals surface area contributed by atoms with E-state index < -0.39 is 4.92 Å². The van der Waals surface area contributed by atoms with Crippen molar-refractivity contribution in [3.05, 3.63) is 57.5 Å². The van der Waals surface area contributed by atoms with Crippen molar-refractivity contribution in [3.8, 4) is 6.07 Å². The molecule has 1 saturated heterocycles. The molecule has 0 radical (unpaired) electrons. The van der Waals surface area contributed by atoms with Gasteiger partial charge >= 0.3 is 0 Å². The van der Waals surface area contributed by atoms with E-state index >= 15 is 0 Å². The van der Waals surface area contributed by atoms with Crippen molar-refractivity contribution >= 4 is 0 Å². The molecule has 18 heavy (non-hydrogen) atoms. The van der Waals surface area contributed by atoms with Gasteiger partial charge in [0, 0.05) is 19.6 Å². The number of hydrogen-bond acceptors (Lipinski definition) is 5. The van der Waals surface area contributed by atoms with E-state index in [9.17, 15) is 10.1 Å². The molecule has 0 atom stereocenters. The number of nitriles is 1. The number of nitrogens with zero attached hydrogens (tertiary/aromatic N) is 3. The van der Waals surface area contributed by atoms with Gasteiger partial charge in [0.05, 0.1) is 16.6 Å². The van der Waals surface area contributed by atoms with Gasteiger partial charge in [0.15, 0.2) is 5.82 Å². The summed E-state index contributed by atoms with van der Waals surface area (Å²) in [6.07, 6.45) is 0.973. The maximum Gasteiger partial charge on any atom is 0.274 e. The highest BCUT2D eigenvalue weighted by Gasteiger charge is 2.19. The van der Waals surface area contributed by atoms with E-state index in [4.69, 9.17) is 5.26 Å². The van der Waals surface area contributed by atoms with E-state index in [0.717, 1.165) is 18.3 Å². The Labute approximate surface area is 104 Å². The van der Waals surface area contributed by atoms with E-state index in [2.05, 4.69) is 11.4 Å². The molecule has 1 aliphatic rings. The largest absolute Gasteiger partial charge is 0.365 e. The van der Waals surface area contributed by atoms with Crippen molar-refractivity contribution in [3.63, 3.8) is 0 Å². The van der Waals surface area contributed by atoms with Crippen molar-refractivity contribution in [2.45, 2.75) is 6.54 Å². The molecule has 0 aliphatic carbocycles. The fraction of sp³-hybridized carbons (Fsp3) is 0.250. The summed E-state index contributed by atoms with van der Waals surface area (Å²) in [6, 6.07) is 9.33. The second-order valence-corrected chi connectivity index (χ2v) is 3.96. The molecule has 92 valence electrons. The van der Waals surface area contributed by atoms with Crippen LogP contribution in [0.3, 0.4) is 0 Å². The lowest BCUT2D eigenvalue weighted by atomic mass is 10.1. The summed E-state index contributed by atoms with van der Waals surface area (Å²) >= 11 is 0. The van der Waals surface area contributed by atoms with Crippen LogP contribution in [0.25, 0.3) is 0 Å². The SMILES string of the molecule is N#Cc1cccc(CN2CCNC2=C[N+](=O)[O-])c1. The third kappa shape index (κ3) is 2.77. The number of rotatable bonds is 3. The van der Waals surface area contributed by atoms with Crippen LogP contribution in [0.4, 0.5) is 0 Å². The van der Waals surface area contributed by atoms with Gasteiger partial charge in [0.25, 0.3) is 6.20 Å². The first-order chi connectivity index (χ1) is 8.69. The summed E-state index contributed by atoms with van der Waals surface area (Å²) in [7, 11) is 0. The van der Waals surface area contributed by atoms with Crippen LogP contribution >= 0.6 is 0 Å². The monoisotopic (exact) mass is 244 g/mol. The number of hydrogen-bond donors (Lipinski definition) is 1. The van der Waals surface area contributed by atoms with Crippen LogP contribution < -0.4 is 5.32 Å². The van der Waals surface area contributed by atoms with Crippen molar-refractivity contribution < 1.29 is 4.92 Å². The van der Waals surface area contributed by atoms with Gasteiger partial charge in [0.1, 0.15) is 0 Å². The van der Waals surface area contributed by atoms with Crippen molar-refractivity contribution in [1.29, 1.82) is 5.26 Å². The standard InChI is InChI=1S/C12H12N4O2/c13-7-10-2-1-3-11(6-10)8-15-5-4-14-12(15)9-16(17)18/h1-3,6,9,14H,4-5,8H2. The summed E-state index contributed by atoms with van der Waals surface area (Å²) in [5.74, 6) is 0.516. The molecule has 1 N–H and O–H groups in total. The van der Waals surface area contributed by atoms with Gasteiger partial charge in [-0.25, -0.2) is 0 Å². The number of benzene rings is 1. The predicted octanol–water partition coefficient (Wildman–Crippen LogP) is 1.04. The molecule has 0 spiro atoms. The van der Waals surface area contributed by atoms with Gasteiger partial charge in [-0.15, -0.1) is 0 Å². The Morgan fingerprint density at radius 1 is 1.61 bits per heavy atom. The van der Waals surface area contributed by atoms with Gasteiger partial charge in [-0.2, -0.15) is 5.26 Å². The van der Waals surface area contributed by atoms with Gasteiger partial charge < -0.3 is 10.2 Å². The summed E-state index contributed by atoms with van der Waals surface area (Å²) in [5, 5.41) is 22.3. The second kappa shape index (κ2) is 5.19. The first-order valence-electron chi connectivity index (χ1n) is 5.52. The lowest BCUT2D eigenvalue weighted by Crippen LogP contribution is -2.20. The lowest BCUT2D eigenvalue weighted by Gasteiger charge is -2.17. The number of nitrogens with one attached hydrogen (secondary N) is 1. The Morgan fingerprint density at radius 2 is 2.44 bits per heavy atom. The molecule has 0 aromatic heterocycles. The highest BCUT2D eigenvalue weighted by Crippen LogP contribution is 2.14. The second-order valence-electron chi connectivity index (χ2n) is 3.96. The minimum Gasteiger partial charge on any atom is -0.365 e. The molecule has 0 bridgehead atoms. The Balaban J connectivity index is 2.13. The molecule has 1 aliphatic heterocycles. The van der Waals surface area contributed by atoms with Crippen LogP contribution in [0, 0.1) is 21.4 Å². The third-order valence-electron chi connectivity index (χ3n) is 2.69. The molecule has 1 aromatic rings. The minimum absolute atomic E-state index is 0.466. The minimum atomic E-state index is -0.466. The van der Waals surface area contributed by atoms with Crippen molar-refractivity contribution in [2.75, 3.05) is 13.1 Å². The van der Waals surface area contributed by atoms with Crippen LogP contribution in [0.2, 0.25) is 0 Å². The zero-order valence-electron chi connectivity index (χ0n) is 9.67. The summed E-state index contributed by atoms with van der Waals surface area (Å²) in [5.41, 5.74) is 1.56. The van der Waals surface area contributed by atoms with E-state index in [1.165, 1.54) is 0 Å². The smallest absolute Gasteiger partial charge is 0.274 e. The quantitative estimate of drug-likeness (QED) is 0.634. The van der Waals surface area contributed by atoms with Crippen LogP contribution in [0.1, 0.15) is 11.1 Å². The number of nitro groups is 1. The highest BCUT2D eigenvalue weighted by atomic mass is 16.6. The van der Waals surface area contributed by atoms with Crippen molar-refractivity contribution in [1.82, 2.24) is 10.2 Å². The van der Waals surface area contributed by atoms with Gasteiger partial charge in [-0.05, 0) is 17.7 Å². The van der Waals surface area contributed by atoms with Crippen molar-refractivity contribution in [2.24, 2.45) is 0 Å². The fourth-order valence-corrected chi connectivity index (χ4v) is 1.90. The fourth-order valence-electron chi connectivity index (χ4n) is 1.90. The normalized spacial score (nSPS) is 16.4. The van der Waals surface area contributed by atoms with E-state index in [-0.39, 0.29) is 0 Å². The van der Waals surface area contributed by atoms with E-state index in [1.807, 2.05) is 17.0 Å². The average molecular weight is 244 g/mol. The Morgan fingerprint density at radius 3 is 3.17 bits per heavy atom. The van der Waals surface area contributed by atoms with Gasteiger partial charge in [-0.3, -0.25) is 10.1 Å². The van der Waals surface area contributed by atoms with Crippen LogP contribution in [-0.4, -0.2) is 22.9 Å². The Hall–Kier alpha value is -2.55. The molecular weight excluding hydrogens is 232 g/mol. The maximum atomic E-state index is 10.5. The molecule has 0 unspecified atom stereocenters. The maximum absolute atomic E-state index is 10.5. The molecule has 0 amide bonds. The molecule has 1 heterocycles. The molecule has 6 nitrogen and oxygen atoms in total. The third-order valence-corrected chi connectivity index (χ3v) is 2.69. The van der Waals surface area contributed by atoms with E-state index in [0.29, 0.717) is 24.5 Å². The zero-order valence-corrected chi connectivity index (χ0v) is 9.67. The van der Waals surface area contributed by atoms with Gasteiger partial charge in [0.2, 0.25) is 0 Å².